The monoisotopic (exact) mass is 788 g/mol. The molecule has 53 heavy (non-hydrogen) atoms. The van der Waals surface area contributed by atoms with Gasteiger partial charge in [0.05, 0.1) is 16.7 Å². The van der Waals surface area contributed by atoms with E-state index in [0.29, 0.717) is 10.6 Å². The first-order valence-corrected chi connectivity index (χ1v) is 18.8. The van der Waals surface area contributed by atoms with Crippen molar-refractivity contribution in [3.05, 3.63) is 149 Å². The third-order valence-corrected chi connectivity index (χ3v) is 11.4. The molecule has 0 radical (unpaired) electrons. The first-order chi connectivity index (χ1) is 25.3. The fraction of sp³-hybridized carbons (Fsp3) is 0.0244. The van der Waals surface area contributed by atoms with Gasteiger partial charge in [-0.3, -0.25) is 0 Å². The molecule has 0 aliphatic rings. The van der Waals surface area contributed by atoms with Crippen molar-refractivity contribution in [1.29, 1.82) is 0 Å². The summed E-state index contributed by atoms with van der Waals surface area (Å²) in [5.41, 5.74) is 4.11. The van der Waals surface area contributed by atoms with Gasteiger partial charge in [0.25, 0.3) is 0 Å². The fourth-order valence-corrected chi connectivity index (χ4v) is 8.86. The molecule has 260 valence electrons. The summed E-state index contributed by atoms with van der Waals surface area (Å²) in [6, 6.07) is 44.1. The lowest BCUT2D eigenvalue weighted by molar-refractivity contribution is 0.426. The second-order valence-electron chi connectivity index (χ2n) is 11.7. The molecule has 0 saturated heterocycles. The van der Waals surface area contributed by atoms with Gasteiger partial charge in [-0.25, -0.2) is 19.9 Å². The minimum Gasteiger partial charge on any atom is -0.423 e. The summed E-state index contributed by atoms with van der Waals surface area (Å²) in [5, 5.41) is 25.8. The van der Waals surface area contributed by atoms with Crippen LogP contribution in [0.2, 0.25) is 15.7 Å². The van der Waals surface area contributed by atoms with E-state index in [1.54, 1.807) is 17.4 Å². The van der Waals surface area contributed by atoms with Crippen molar-refractivity contribution in [3.8, 4) is 11.3 Å². The zero-order valence-electron chi connectivity index (χ0n) is 26.9. The van der Waals surface area contributed by atoms with E-state index in [4.69, 9.17) is 44.9 Å². The topological polar surface area (TPSA) is 92.0 Å². The number of fused-ring (bicyclic) bond motifs is 8. The van der Waals surface area contributed by atoms with Crippen LogP contribution in [-0.2, 0) is 0 Å². The summed E-state index contributed by atoms with van der Waals surface area (Å²) < 4.78 is 4.98. The second-order valence-corrected chi connectivity index (χ2v) is 14.9. The Morgan fingerprint density at radius 3 is 1.55 bits per heavy atom. The predicted octanol–water partition coefficient (Wildman–Crippen LogP) is 11.6. The fourth-order valence-electron chi connectivity index (χ4n) is 6.06. The molecule has 0 unspecified atom stereocenters. The third kappa shape index (κ3) is 7.56. The van der Waals surface area contributed by atoms with Gasteiger partial charge in [-0.2, -0.15) is 0 Å². The molecule has 6 aromatic carbocycles. The van der Waals surface area contributed by atoms with E-state index in [0.717, 1.165) is 38.4 Å². The maximum absolute atomic E-state index is 9.15. The normalized spacial score (nSPS) is 11.0. The van der Waals surface area contributed by atoms with Gasteiger partial charge in [0, 0.05) is 51.3 Å². The van der Waals surface area contributed by atoms with Gasteiger partial charge >= 0.3 is 7.12 Å². The average Bonchev–Trinajstić information content (AvgIpc) is 3.72. The predicted molar refractivity (Wildman–Crippen MR) is 228 cm³/mol. The first kappa shape index (κ1) is 36.6. The Balaban J connectivity index is 0.000000130. The summed E-state index contributed by atoms with van der Waals surface area (Å²) in [5.74, 6) is 0. The molecule has 0 aliphatic heterocycles. The molecule has 6 nitrogen and oxygen atoms in total. The number of hydrogen-bond donors (Lipinski definition) is 2. The van der Waals surface area contributed by atoms with E-state index >= 15 is 0 Å². The number of thiophene rings is 2. The maximum atomic E-state index is 9.15. The molecule has 0 bridgehead atoms. The largest absolute Gasteiger partial charge is 0.488 e. The minimum absolute atomic E-state index is 0. The third-order valence-electron chi connectivity index (χ3n) is 8.45. The van der Waals surface area contributed by atoms with Crippen LogP contribution in [0.15, 0.2) is 133 Å². The Morgan fingerprint density at radius 1 is 0.453 bits per heavy atom. The lowest BCUT2D eigenvalue weighted by atomic mass is 9.80. The number of aromatic nitrogens is 4. The smallest absolute Gasteiger partial charge is 0.423 e. The van der Waals surface area contributed by atoms with Gasteiger partial charge in [-0.1, -0.05) is 104 Å². The highest BCUT2D eigenvalue weighted by molar-refractivity contribution is 7.26. The Kier molecular flexibility index (Phi) is 10.9. The number of hydrogen-bond acceptors (Lipinski definition) is 8. The molecule has 0 fully saturated rings. The second kappa shape index (κ2) is 15.7. The van der Waals surface area contributed by atoms with Crippen LogP contribution in [-0.4, -0.2) is 37.1 Å². The van der Waals surface area contributed by atoms with Crippen molar-refractivity contribution in [2.24, 2.45) is 0 Å². The quantitative estimate of drug-likeness (QED) is 0.103. The van der Waals surface area contributed by atoms with Crippen LogP contribution in [0.25, 0.3) is 73.4 Å². The molecule has 10 rings (SSSR count). The number of benzene rings is 6. The van der Waals surface area contributed by atoms with Crippen LogP contribution >= 0.6 is 57.5 Å². The first-order valence-electron chi connectivity index (χ1n) is 16.0. The summed E-state index contributed by atoms with van der Waals surface area (Å²) in [4.78, 5) is 16.6. The van der Waals surface area contributed by atoms with Gasteiger partial charge in [0.15, 0.2) is 0 Å². The molecule has 0 atom stereocenters. The standard InChI is InChI=1S/C20H11ClN2S.C12H9BO2S.C8H4Cl2N2.CH4/c21-20-22-16-7-3-1-6-14(16)19(23-20)12-9-10-18-15(11-12)13-5-2-4-8-17(13)24-18;14-13(15)8-5-6-12-10(7-8)9-3-1-2-4-11(9)16-12;9-7-5-3-1-2-4-6(5)11-8(10)12-7;/h1-11H;1-7,14-15H;1-4H;1H4. The Labute approximate surface area is 328 Å². The van der Waals surface area contributed by atoms with Crippen LogP contribution in [0.5, 0.6) is 0 Å². The van der Waals surface area contributed by atoms with E-state index in [2.05, 4.69) is 74.5 Å². The van der Waals surface area contributed by atoms with E-state index in [1.165, 1.54) is 35.0 Å². The van der Waals surface area contributed by atoms with Crippen LogP contribution in [0.3, 0.4) is 0 Å². The highest BCUT2D eigenvalue weighted by Gasteiger charge is 2.14. The van der Waals surface area contributed by atoms with Gasteiger partial charge < -0.3 is 10.0 Å². The lowest BCUT2D eigenvalue weighted by Gasteiger charge is -2.06. The highest BCUT2D eigenvalue weighted by Crippen LogP contribution is 2.37. The summed E-state index contributed by atoms with van der Waals surface area (Å²) >= 11 is 21.1. The molecule has 0 spiro atoms. The summed E-state index contributed by atoms with van der Waals surface area (Å²) in [6.07, 6.45) is 0. The molecule has 4 aromatic heterocycles. The molecular weight excluding hydrogens is 762 g/mol. The zero-order chi connectivity index (χ0) is 35.8. The molecule has 0 saturated carbocycles. The van der Waals surface area contributed by atoms with E-state index < -0.39 is 7.12 Å². The van der Waals surface area contributed by atoms with Gasteiger partial charge in [-0.15, -0.1) is 22.7 Å². The molecule has 0 aliphatic carbocycles. The SMILES string of the molecule is C.Clc1nc(-c2ccc3sc4ccccc4c3c2)c2ccccc2n1.Clc1nc(Cl)c2ccccc2n1.OB(O)c1ccc2sc3ccccc3c2c1. The van der Waals surface area contributed by atoms with Crippen molar-refractivity contribution in [3.63, 3.8) is 0 Å². The molecule has 10 aromatic rings. The van der Waals surface area contributed by atoms with Crippen LogP contribution < -0.4 is 5.46 Å². The minimum atomic E-state index is -1.40. The molecule has 12 heteroatoms. The molecule has 0 amide bonds. The highest BCUT2D eigenvalue weighted by atomic mass is 35.5. The van der Waals surface area contributed by atoms with Crippen molar-refractivity contribution in [1.82, 2.24) is 19.9 Å². The Morgan fingerprint density at radius 2 is 0.925 bits per heavy atom. The molecule has 4 heterocycles. The Bertz CT molecular complexity index is 2920. The average molecular weight is 790 g/mol. The van der Waals surface area contributed by atoms with Crippen molar-refractivity contribution in [2.45, 2.75) is 7.43 Å². The summed E-state index contributed by atoms with van der Waals surface area (Å²) in [7, 11) is -1.40. The van der Waals surface area contributed by atoms with Gasteiger partial charge in [-0.05, 0) is 82.6 Å². The van der Waals surface area contributed by atoms with Crippen molar-refractivity contribution in [2.75, 3.05) is 0 Å². The van der Waals surface area contributed by atoms with Gasteiger partial charge in [0.2, 0.25) is 10.6 Å². The summed E-state index contributed by atoms with van der Waals surface area (Å²) in [6.45, 7) is 0. The van der Waals surface area contributed by atoms with E-state index in [-0.39, 0.29) is 18.0 Å². The number of rotatable bonds is 2. The Hall–Kier alpha value is -4.71. The van der Waals surface area contributed by atoms with Crippen molar-refractivity contribution >= 4 is 132 Å². The van der Waals surface area contributed by atoms with Crippen LogP contribution in [0, 0.1) is 0 Å². The van der Waals surface area contributed by atoms with Gasteiger partial charge in [0.1, 0.15) is 5.15 Å². The van der Waals surface area contributed by atoms with Crippen LogP contribution in [0.4, 0.5) is 0 Å². The van der Waals surface area contributed by atoms with Crippen molar-refractivity contribution < 1.29 is 10.0 Å². The molecule has 2 N–H and O–H groups in total. The zero-order valence-corrected chi connectivity index (χ0v) is 30.8. The van der Waals surface area contributed by atoms with Crippen LogP contribution in [0.1, 0.15) is 7.43 Å². The van der Waals surface area contributed by atoms with E-state index in [1.807, 2.05) is 84.1 Å². The number of nitrogens with zero attached hydrogens (tertiary/aromatic N) is 4. The maximum Gasteiger partial charge on any atom is 0.488 e. The van der Waals surface area contributed by atoms with E-state index in [9.17, 15) is 0 Å². The molecular formula is C41H28BCl3N4O2S2. The number of halogens is 3. The lowest BCUT2D eigenvalue weighted by Crippen LogP contribution is -2.29. The number of para-hydroxylation sites is 2.